The lowest BCUT2D eigenvalue weighted by molar-refractivity contribution is -0.141. The van der Waals surface area contributed by atoms with Crippen LogP contribution in [0.15, 0.2) is 0 Å². The van der Waals surface area contributed by atoms with Crippen molar-refractivity contribution in [2.75, 3.05) is 13.1 Å². The van der Waals surface area contributed by atoms with Crippen LogP contribution in [-0.4, -0.2) is 52.3 Å². The van der Waals surface area contributed by atoms with Crippen LogP contribution in [0.4, 0.5) is 4.79 Å². The van der Waals surface area contributed by atoms with Crippen molar-refractivity contribution in [1.29, 1.82) is 0 Å². The summed E-state index contributed by atoms with van der Waals surface area (Å²) in [7, 11) is 0. The maximum absolute atomic E-state index is 12.1. The normalized spacial score (nSPS) is 19.7. The fraction of sp³-hybridized carbons (Fsp3) is 0.882. The fourth-order valence-electron chi connectivity index (χ4n) is 3.04. The number of ether oxygens (including phenoxy) is 1. The molecule has 0 aromatic rings. The number of hydrogen-bond donors (Lipinski definition) is 2. The Morgan fingerprint density at radius 1 is 1.30 bits per heavy atom. The molecule has 0 aromatic carbocycles. The first-order valence-corrected chi connectivity index (χ1v) is 8.44. The van der Waals surface area contributed by atoms with Crippen molar-refractivity contribution in [3.8, 4) is 0 Å². The summed E-state index contributed by atoms with van der Waals surface area (Å²) in [5.74, 6) is -0.265. The van der Waals surface area contributed by atoms with Crippen molar-refractivity contribution in [3.63, 3.8) is 0 Å². The molecule has 0 aliphatic carbocycles. The van der Waals surface area contributed by atoms with E-state index >= 15 is 0 Å². The first kappa shape index (κ1) is 19.7. The van der Waals surface area contributed by atoms with Crippen LogP contribution in [0.1, 0.15) is 60.8 Å². The SMILES string of the molecule is CCC(C)CC(C)NC1(CC(=O)O)CN(C(=O)OC(C)(C)C)C1. The molecule has 1 heterocycles. The van der Waals surface area contributed by atoms with E-state index < -0.39 is 17.1 Å². The predicted molar refractivity (Wildman–Crippen MR) is 89.5 cm³/mol. The van der Waals surface area contributed by atoms with Gasteiger partial charge in [-0.05, 0) is 40.0 Å². The van der Waals surface area contributed by atoms with Gasteiger partial charge in [-0.3, -0.25) is 4.79 Å². The van der Waals surface area contributed by atoms with Crippen LogP contribution in [-0.2, 0) is 9.53 Å². The van der Waals surface area contributed by atoms with Crippen LogP contribution in [0.3, 0.4) is 0 Å². The molecule has 2 atom stereocenters. The number of rotatable bonds is 7. The molecule has 0 radical (unpaired) electrons. The van der Waals surface area contributed by atoms with E-state index in [1.54, 1.807) is 4.90 Å². The lowest BCUT2D eigenvalue weighted by Gasteiger charge is -2.51. The highest BCUT2D eigenvalue weighted by Crippen LogP contribution is 2.28. The number of carbonyl (C=O) groups is 2. The van der Waals surface area contributed by atoms with Crippen LogP contribution in [0.2, 0.25) is 0 Å². The Hall–Kier alpha value is -1.30. The molecule has 23 heavy (non-hydrogen) atoms. The first-order chi connectivity index (χ1) is 10.5. The molecular weight excluding hydrogens is 296 g/mol. The molecule has 134 valence electrons. The monoisotopic (exact) mass is 328 g/mol. The number of carboxylic acid groups (broad SMARTS) is 1. The van der Waals surface area contributed by atoms with Gasteiger partial charge in [-0.1, -0.05) is 20.3 Å². The summed E-state index contributed by atoms with van der Waals surface area (Å²) >= 11 is 0. The highest BCUT2D eigenvalue weighted by Gasteiger charge is 2.48. The van der Waals surface area contributed by atoms with E-state index in [-0.39, 0.29) is 18.6 Å². The molecule has 1 amide bonds. The zero-order valence-electron chi connectivity index (χ0n) is 15.3. The first-order valence-electron chi connectivity index (χ1n) is 8.44. The molecule has 6 nitrogen and oxygen atoms in total. The van der Waals surface area contributed by atoms with Crippen LogP contribution in [0, 0.1) is 5.92 Å². The third kappa shape index (κ3) is 6.37. The Balaban J connectivity index is 2.63. The fourth-order valence-corrected chi connectivity index (χ4v) is 3.04. The minimum Gasteiger partial charge on any atom is -0.481 e. The van der Waals surface area contributed by atoms with E-state index in [0.29, 0.717) is 19.0 Å². The molecule has 2 N–H and O–H groups in total. The van der Waals surface area contributed by atoms with Gasteiger partial charge in [0.05, 0.1) is 12.0 Å². The second kappa shape index (κ2) is 7.51. The van der Waals surface area contributed by atoms with Crippen molar-refractivity contribution in [1.82, 2.24) is 10.2 Å². The van der Waals surface area contributed by atoms with Crippen molar-refractivity contribution >= 4 is 12.1 Å². The molecule has 6 heteroatoms. The molecule has 1 aliphatic heterocycles. The quantitative estimate of drug-likeness (QED) is 0.751. The topological polar surface area (TPSA) is 78.9 Å². The van der Waals surface area contributed by atoms with Crippen LogP contribution >= 0.6 is 0 Å². The minimum absolute atomic E-state index is 0.0111. The number of carboxylic acids is 1. The van der Waals surface area contributed by atoms with Gasteiger partial charge in [0.1, 0.15) is 5.60 Å². The Morgan fingerprint density at radius 2 is 1.87 bits per heavy atom. The number of amides is 1. The summed E-state index contributed by atoms with van der Waals surface area (Å²) in [5.41, 5.74) is -1.09. The van der Waals surface area contributed by atoms with Crippen molar-refractivity contribution in [2.24, 2.45) is 5.92 Å². The third-order valence-electron chi connectivity index (χ3n) is 4.13. The van der Waals surface area contributed by atoms with E-state index in [4.69, 9.17) is 4.74 Å². The largest absolute Gasteiger partial charge is 0.481 e. The molecule has 0 spiro atoms. The average molecular weight is 328 g/mol. The Morgan fingerprint density at radius 3 is 2.30 bits per heavy atom. The van der Waals surface area contributed by atoms with E-state index in [1.807, 2.05) is 20.8 Å². The van der Waals surface area contributed by atoms with Gasteiger partial charge in [-0.25, -0.2) is 4.79 Å². The second-order valence-electron chi connectivity index (χ2n) is 7.98. The lowest BCUT2D eigenvalue weighted by Crippen LogP contribution is -2.72. The molecule has 2 unspecified atom stereocenters. The van der Waals surface area contributed by atoms with Crippen LogP contribution in [0.5, 0.6) is 0 Å². The van der Waals surface area contributed by atoms with Crippen LogP contribution in [0.25, 0.3) is 0 Å². The Kier molecular flexibility index (Phi) is 6.45. The number of carbonyl (C=O) groups excluding carboxylic acids is 1. The predicted octanol–water partition coefficient (Wildman–Crippen LogP) is 2.86. The van der Waals surface area contributed by atoms with Gasteiger partial charge in [0.15, 0.2) is 0 Å². The Bertz CT molecular complexity index is 425. The van der Waals surface area contributed by atoms with Gasteiger partial charge >= 0.3 is 12.1 Å². The number of nitrogens with zero attached hydrogens (tertiary/aromatic N) is 1. The number of aliphatic carboxylic acids is 1. The highest BCUT2D eigenvalue weighted by molar-refractivity contribution is 5.73. The standard InChI is InChI=1S/C17H32N2O4/c1-7-12(2)8-13(3)18-17(9-14(20)21)10-19(11-17)15(22)23-16(4,5)6/h12-13,18H,7-11H2,1-6H3,(H,20,21). The lowest BCUT2D eigenvalue weighted by atomic mass is 9.84. The summed E-state index contributed by atoms with van der Waals surface area (Å²) in [4.78, 5) is 24.8. The summed E-state index contributed by atoms with van der Waals surface area (Å²) in [5, 5.41) is 12.6. The summed E-state index contributed by atoms with van der Waals surface area (Å²) in [6.45, 7) is 12.6. The number of nitrogens with one attached hydrogen (secondary N) is 1. The summed E-state index contributed by atoms with van der Waals surface area (Å²) in [6, 6.07) is 0.213. The zero-order chi connectivity index (χ0) is 17.8. The van der Waals surface area contributed by atoms with Crippen molar-refractivity contribution in [3.05, 3.63) is 0 Å². The highest BCUT2D eigenvalue weighted by atomic mass is 16.6. The number of likely N-dealkylation sites (tertiary alicyclic amines) is 1. The van der Waals surface area contributed by atoms with Crippen molar-refractivity contribution < 1.29 is 19.4 Å². The van der Waals surface area contributed by atoms with Gasteiger partial charge in [0.2, 0.25) is 0 Å². The van der Waals surface area contributed by atoms with Crippen molar-refractivity contribution in [2.45, 2.75) is 78.0 Å². The smallest absolute Gasteiger partial charge is 0.410 e. The van der Waals surface area contributed by atoms with Gasteiger partial charge in [-0.2, -0.15) is 0 Å². The molecule has 0 saturated carbocycles. The molecule has 0 aromatic heterocycles. The molecule has 0 bridgehead atoms. The maximum atomic E-state index is 12.1. The molecular formula is C17H32N2O4. The van der Waals surface area contributed by atoms with Gasteiger partial charge in [-0.15, -0.1) is 0 Å². The summed E-state index contributed by atoms with van der Waals surface area (Å²) < 4.78 is 5.34. The maximum Gasteiger partial charge on any atom is 0.410 e. The van der Waals surface area contributed by atoms with E-state index in [9.17, 15) is 14.7 Å². The van der Waals surface area contributed by atoms with Gasteiger partial charge in [0, 0.05) is 19.1 Å². The molecule has 1 fully saturated rings. The molecule has 1 rings (SSSR count). The van der Waals surface area contributed by atoms with Crippen LogP contribution < -0.4 is 5.32 Å². The number of hydrogen-bond acceptors (Lipinski definition) is 4. The summed E-state index contributed by atoms with van der Waals surface area (Å²) in [6.07, 6.45) is 1.72. The Labute approximate surface area is 139 Å². The van der Waals surface area contributed by atoms with E-state index in [0.717, 1.165) is 12.8 Å². The van der Waals surface area contributed by atoms with E-state index in [1.165, 1.54) is 0 Å². The zero-order valence-corrected chi connectivity index (χ0v) is 15.3. The van der Waals surface area contributed by atoms with Gasteiger partial charge < -0.3 is 20.1 Å². The van der Waals surface area contributed by atoms with E-state index in [2.05, 4.69) is 26.1 Å². The second-order valence-corrected chi connectivity index (χ2v) is 7.98. The third-order valence-corrected chi connectivity index (χ3v) is 4.13. The van der Waals surface area contributed by atoms with Gasteiger partial charge in [0.25, 0.3) is 0 Å². The average Bonchev–Trinajstić information content (AvgIpc) is 2.31. The molecule has 1 aliphatic rings. The molecule has 1 saturated heterocycles. The minimum atomic E-state index is -0.850.